The first-order valence-corrected chi connectivity index (χ1v) is 5.61. The first kappa shape index (κ1) is 12.7. The number of hydrogen-bond donors (Lipinski definition) is 2. The molecule has 1 aromatic heterocycles. The molecule has 1 rings (SSSR count). The minimum absolute atomic E-state index is 0.146. The van der Waals surface area contributed by atoms with Gasteiger partial charge in [0.2, 0.25) is 0 Å². The van der Waals surface area contributed by atoms with Crippen molar-refractivity contribution in [3.05, 3.63) is 21.9 Å². The van der Waals surface area contributed by atoms with Gasteiger partial charge in [0.05, 0.1) is 4.88 Å². The maximum Gasteiger partial charge on any atom is 0.345 e. The van der Waals surface area contributed by atoms with E-state index < -0.39 is 5.97 Å². The molecule has 1 amide bonds. The van der Waals surface area contributed by atoms with Crippen molar-refractivity contribution < 1.29 is 14.7 Å². The fourth-order valence-electron chi connectivity index (χ4n) is 1.14. The SMILES string of the molecule is CNCCN(C)C(=O)c1ccc(C(=O)O)s1. The lowest BCUT2D eigenvalue weighted by atomic mass is 10.4. The highest BCUT2D eigenvalue weighted by atomic mass is 32.1. The Morgan fingerprint density at radius 1 is 1.44 bits per heavy atom. The maximum atomic E-state index is 11.8. The number of carboxylic acids is 1. The van der Waals surface area contributed by atoms with Gasteiger partial charge in [0.25, 0.3) is 5.91 Å². The highest BCUT2D eigenvalue weighted by Crippen LogP contribution is 2.17. The summed E-state index contributed by atoms with van der Waals surface area (Å²) < 4.78 is 0. The molecule has 0 bridgehead atoms. The van der Waals surface area contributed by atoms with Crippen molar-refractivity contribution in [1.82, 2.24) is 10.2 Å². The van der Waals surface area contributed by atoms with E-state index in [1.54, 1.807) is 18.0 Å². The van der Waals surface area contributed by atoms with E-state index in [1.165, 1.54) is 6.07 Å². The summed E-state index contributed by atoms with van der Waals surface area (Å²) in [5.41, 5.74) is 0. The van der Waals surface area contributed by atoms with Gasteiger partial charge in [-0.3, -0.25) is 4.79 Å². The van der Waals surface area contributed by atoms with E-state index in [0.29, 0.717) is 18.0 Å². The summed E-state index contributed by atoms with van der Waals surface area (Å²) in [5, 5.41) is 11.7. The normalized spacial score (nSPS) is 10.1. The number of rotatable bonds is 5. The minimum atomic E-state index is -0.998. The number of thiophene rings is 1. The number of carbonyl (C=O) groups is 2. The number of likely N-dealkylation sites (N-methyl/N-ethyl adjacent to an activating group) is 2. The number of nitrogens with zero attached hydrogens (tertiary/aromatic N) is 1. The van der Waals surface area contributed by atoms with Gasteiger partial charge >= 0.3 is 5.97 Å². The third-order valence-electron chi connectivity index (χ3n) is 2.07. The van der Waals surface area contributed by atoms with Crippen LogP contribution in [0.15, 0.2) is 12.1 Å². The Balaban J connectivity index is 2.68. The Morgan fingerprint density at radius 3 is 2.56 bits per heavy atom. The maximum absolute atomic E-state index is 11.8. The summed E-state index contributed by atoms with van der Waals surface area (Å²) >= 11 is 1.000. The summed E-state index contributed by atoms with van der Waals surface area (Å²) in [5.74, 6) is -1.14. The lowest BCUT2D eigenvalue weighted by Crippen LogP contribution is -2.32. The van der Waals surface area contributed by atoms with Gasteiger partial charge < -0.3 is 15.3 Å². The molecule has 0 saturated heterocycles. The second kappa shape index (κ2) is 5.62. The van der Waals surface area contributed by atoms with E-state index in [-0.39, 0.29) is 10.8 Å². The van der Waals surface area contributed by atoms with Gasteiger partial charge in [-0.2, -0.15) is 0 Å². The van der Waals surface area contributed by atoms with Crippen molar-refractivity contribution >= 4 is 23.2 Å². The van der Waals surface area contributed by atoms with Gasteiger partial charge in [0.1, 0.15) is 4.88 Å². The number of carboxylic acid groups (broad SMARTS) is 1. The van der Waals surface area contributed by atoms with Crippen LogP contribution in [0.25, 0.3) is 0 Å². The summed E-state index contributed by atoms with van der Waals surface area (Å²) in [6.07, 6.45) is 0. The van der Waals surface area contributed by atoms with Crippen LogP contribution in [0.2, 0.25) is 0 Å². The lowest BCUT2D eigenvalue weighted by Gasteiger charge is -2.15. The number of amides is 1. The standard InChI is InChI=1S/C10H14N2O3S/c1-11-5-6-12(2)9(13)7-3-4-8(16-7)10(14)15/h3-4,11H,5-6H2,1-2H3,(H,14,15). The molecule has 0 spiro atoms. The molecule has 6 heteroatoms. The first-order chi connectivity index (χ1) is 7.56. The fourth-order valence-corrected chi connectivity index (χ4v) is 1.98. The Bertz CT molecular complexity index is 389. The molecule has 0 aliphatic carbocycles. The number of nitrogens with one attached hydrogen (secondary N) is 1. The van der Waals surface area contributed by atoms with Crippen molar-refractivity contribution in [2.75, 3.05) is 27.2 Å². The largest absolute Gasteiger partial charge is 0.477 e. The molecule has 0 aliphatic rings. The zero-order chi connectivity index (χ0) is 12.1. The van der Waals surface area contributed by atoms with Gasteiger partial charge in [-0.05, 0) is 19.2 Å². The Kier molecular flexibility index (Phi) is 4.45. The van der Waals surface area contributed by atoms with Crippen molar-refractivity contribution in [3.8, 4) is 0 Å². The molecule has 16 heavy (non-hydrogen) atoms. The van der Waals surface area contributed by atoms with Crippen LogP contribution in [0.5, 0.6) is 0 Å². The monoisotopic (exact) mass is 242 g/mol. The predicted octanol–water partition coefficient (Wildman–Crippen LogP) is 0.738. The van der Waals surface area contributed by atoms with E-state index in [0.717, 1.165) is 11.3 Å². The van der Waals surface area contributed by atoms with Crippen LogP contribution in [0.1, 0.15) is 19.3 Å². The van der Waals surface area contributed by atoms with Crippen molar-refractivity contribution in [2.45, 2.75) is 0 Å². The van der Waals surface area contributed by atoms with Crippen LogP contribution in [0.4, 0.5) is 0 Å². The van der Waals surface area contributed by atoms with Crippen LogP contribution in [0.3, 0.4) is 0 Å². The zero-order valence-corrected chi connectivity index (χ0v) is 10.0. The summed E-state index contributed by atoms with van der Waals surface area (Å²) in [6.45, 7) is 1.30. The summed E-state index contributed by atoms with van der Waals surface area (Å²) in [6, 6.07) is 3.00. The predicted molar refractivity (Wildman–Crippen MR) is 62.2 cm³/mol. The van der Waals surface area contributed by atoms with E-state index in [9.17, 15) is 9.59 Å². The summed E-state index contributed by atoms with van der Waals surface area (Å²) in [7, 11) is 3.51. The van der Waals surface area contributed by atoms with Gasteiger partial charge in [-0.1, -0.05) is 0 Å². The van der Waals surface area contributed by atoms with Crippen molar-refractivity contribution in [2.24, 2.45) is 0 Å². The molecule has 5 nitrogen and oxygen atoms in total. The molecule has 0 aromatic carbocycles. The molecule has 0 saturated carbocycles. The third-order valence-corrected chi connectivity index (χ3v) is 3.13. The third kappa shape index (κ3) is 3.04. The smallest absolute Gasteiger partial charge is 0.345 e. The zero-order valence-electron chi connectivity index (χ0n) is 9.19. The fraction of sp³-hybridized carbons (Fsp3) is 0.400. The van der Waals surface area contributed by atoms with Crippen molar-refractivity contribution in [1.29, 1.82) is 0 Å². The van der Waals surface area contributed by atoms with Crippen LogP contribution < -0.4 is 5.32 Å². The lowest BCUT2D eigenvalue weighted by molar-refractivity contribution is 0.0701. The van der Waals surface area contributed by atoms with E-state index >= 15 is 0 Å². The van der Waals surface area contributed by atoms with Gasteiger partial charge in [0, 0.05) is 20.1 Å². The van der Waals surface area contributed by atoms with Crippen molar-refractivity contribution in [3.63, 3.8) is 0 Å². The second-order valence-corrected chi connectivity index (χ2v) is 4.38. The molecular weight excluding hydrogens is 228 g/mol. The number of hydrogen-bond acceptors (Lipinski definition) is 4. The molecule has 0 unspecified atom stereocenters. The average molecular weight is 242 g/mol. The highest BCUT2D eigenvalue weighted by Gasteiger charge is 2.15. The highest BCUT2D eigenvalue weighted by molar-refractivity contribution is 7.15. The average Bonchev–Trinajstić information content (AvgIpc) is 2.74. The molecule has 88 valence electrons. The second-order valence-electron chi connectivity index (χ2n) is 3.30. The minimum Gasteiger partial charge on any atom is -0.477 e. The topological polar surface area (TPSA) is 69.6 Å². The molecule has 0 atom stereocenters. The van der Waals surface area contributed by atoms with E-state index in [4.69, 9.17) is 5.11 Å². The Morgan fingerprint density at radius 2 is 2.06 bits per heavy atom. The van der Waals surface area contributed by atoms with Gasteiger partial charge in [-0.15, -0.1) is 11.3 Å². The summed E-state index contributed by atoms with van der Waals surface area (Å²) in [4.78, 5) is 24.7. The molecule has 2 N–H and O–H groups in total. The number of aromatic carboxylic acids is 1. The molecular formula is C10H14N2O3S. The Hall–Kier alpha value is -1.40. The van der Waals surface area contributed by atoms with Crippen LogP contribution in [0, 0.1) is 0 Å². The number of carbonyl (C=O) groups excluding carboxylic acids is 1. The molecule has 0 aliphatic heterocycles. The van der Waals surface area contributed by atoms with E-state index in [2.05, 4.69) is 5.32 Å². The molecule has 0 fully saturated rings. The van der Waals surface area contributed by atoms with Crippen LogP contribution >= 0.6 is 11.3 Å². The van der Waals surface area contributed by atoms with Gasteiger partial charge in [0.15, 0.2) is 0 Å². The molecule has 0 radical (unpaired) electrons. The van der Waals surface area contributed by atoms with Crippen LogP contribution in [-0.2, 0) is 0 Å². The van der Waals surface area contributed by atoms with E-state index in [1.807, 2.05) is 7.05 Å². The van der Waals surface area contributed by atoms with Gasteiger partial charge in [-0.25, -0.2) is 4.79 Å². The molecule has 1 heterocycles. The first-order valence-electron chi connectivity index (χ1n) is 4.79. The quantitative estimate of drug-likeness (QED) is 0.799. The van der Waals surface area contributed by atoms with Crippen LogP contribution in [-0.4, -0.2) is 49.1 Å². The Labute approximate surface area is 97.7 Å². The molecule has 1 aromatic rings.